The van der Waals surface area contributed by atoms with E-state index in [0.717, 1.165) is 28.3 Å². The number of piperazine rings is 1. The second-order valence-corrected chi connectivity index (χ2v) is 8.75. The van der Waals surface area contributed by atoms with E-state index >= 15 is 0 Å². The number of rotatable bonds is 4. The molecule has 0 radical (unpaired) electrons. The molecule has 9 nitrogen and oxygen atoms in total. The molecule has 0 saturated carbocycles. The number of carbonyl (C=O) groups excluding carboxylic acids is 3. The van der Waals surface area contributed by atoms with Crippen molar-refractivity contribution in [3.8, 4) is 0 Å². The van der Waals surface area contributed by atoms with Crippen molar-refractivity contribution in [3.05, 3.63) is 58.4 Å². The van der Waals surface area contributed by atoms with Gasteiger partial charge in [0.25, 0.3) is 5.91 Å². The number of anilines is 3. The summed E-state index contributed by atoms with van der Waals surface area (Å²) in [4.78, 5) is 42.2. The lowest BCUT2D eigenvalue weighted by molar-refractivity contribution is -0.129. The second-order valence-electron chi connectivity index (χ2n) is 7.46. The second kappa shape index (κ2) is 9.23. The van der Waals surface area contributed by atoms with Gasteiger partial charge in [-0.1, -0.05) is 0 Å². The monoisotopic (exact) mass is 452 g/mol. The maximum atomic E-state index is 12.7. The summed E-state index contributed by atoms with van der Waals surface area (Å²) in [6.45, 7) is 6.46. The molecule has 2 aromatic heterocycles. The molecule has 1 aliphatic rings. The summed E-state index contributed by atoms with van der Waals surface area (Å²) < 4.78 is 1.12. The quantitative estimate of drug-likeness (QED) is 0.633. The molecule has 1 aromatic carbocycles. The fraction of sp³-hybridized carbons (Fsp3) is 0.273. The Bertz CT molecular complexity index is 1130. The summed E-state index contributed by atoms with van der Waals surface area (Å²) in [7, 11) is 0. The summed E-state index contributed by atoms with van der Waals surface area (Å²) in [6.07, 6.45) is 1.46. The third kappa shape index (κ3) is 4.80. The van der Waals surface area contributed by atoms with E-state index in [1.165, 1.54) is 17.5 Å². The number of aromatic nitrogens is 2. The zero-order valence-corrected chi connectivity index (χ0v) is 18.7. The number of carbonyl (C=O) groups is 3. The lowest BCUT2D eigenvalue weighted by atomic mass is 10.2. The first-order chi connectivity index (χ1) is 15.4. The van der Waals surface area contributed by atoms with E-state index in [1.54, 1.807) is 19.1 Å². The molecule has 2 N–H and O–H groups in total. The minimum Gasteiger partial charge on any atom is -0.368 e. The van der Waals surface area contributed by atoms with Crippen LogP contribution in [-0.4, -0.2) is 58.7 Å². The van der Waals surface area contributed by atoms with Gasteiger partial charge in [0.1, 0.15) is 5.82 Å². The molecule has 1 fully saturated rings. The Morgan fingerprint density at radius 3 is 2.28 bits per heavy atom. The van der Waals surface area contributed by atoms with Crippen LogP contribution in [0.4, 0.5) is 22.0 Å². The van der Waals surface area contributed by atoms with Gasteiger partial charge in [-0.2, -0.15) is 9.78 Å². The van der Waals surface area contributed by atoms with Crippen LogP contribution >= 0.6 is 11.3 Å². The smallest absolute Gasteiger partial charge is 0.348 e. The lowest BCUT2D eigenvalue weighted by Crippen LogP contribution is -2.48. The molecule has 32 heavy (non-hydrogen) atoms. The van der Waals surface area contributed by atoms with Crippen molar-refractivity contribution in [2.45, 2.75) is 13.8 Å². The number of amides is 3. The SMILES string of the molecule is CC(=O)N1CCN(c2ccc(NC(=O)n3nccc3NC(=O)c3ccc(C)s3)cc2)CC1. The minimum absolute atomic E-state index is 0.0994. The number of nitrogens with one attached hydrogen (secondary N) is 2. The largest absolute Gasteiger partial charge is 0.368 e. The van der Waals surface area contributed by atoms with E-state index in [9.17, 15) is 14.4 Å². The maximum Gasteiger partial charge on any atom is 0.348 e. The Hall–Kier alpha value is -3.66. The number of nitrogens with zero attached hydrogens (tertiary/aromatic N) is 4. The van der Waals surface area contributed by atoms with Crippen LogP contribution in [0.1, 0.15) is 21.5 Å². The van der Waals surface area contributed by atoms with Gasteiger partial charge in [0, 0.05) is 55.4 Å². The molecule has 0 bridgehead atoms. The average molecular weight is 453 g/mol. The molecule has 3 aromatic rings. The highest BCUT2D eigenvalue weighted by atomic mass is 32.1. The summed E-state index contributed by atoms with van der Waals surface area (Å²) >= 11 is 1.38. The molecule has 4 rings (SSSR count). The summed E-state index contributed by atoms with van der Waals surface area (Å²) in [5.41, 5.74) is 1.65. The van der Waals surface area contributed by atoms with Crippen molar-refractivity contribution in [1.82, 2.24) is 14.7 Å². The van der Waals surface area contributed by atoms with E-state index in [4.69, 9.17) is 0 Å². The molecule has 0 spiro atoms. The number of benzene rings is 1. The number of hydrogen-bond acceptors (Lipinski definition) is 6. The Labute approximate surface area is 189 Å². The van der Waals surface area contributed by atoms with Gasteiger partial charge in [-0.3, -0.25) is 9.59 Å². The maximum absolute atomic E-state index is 12.7. The Morgan fingerprint density at radius 1 is 0.938 bits per heavy atom. The molecule has 0 unspecified atom stereocenters. The van der Waals surface area contributed by atoms with Gasteiger partial charge in [0.15, 0.2) is 0 Å². The van der Waals surface area contributed by atoms with E-state index < -0.39 is 6.03 Å². The van der Waals surface area contributed by atoms with Crippen molar-refractivity contribution in [3.63, 3.8) is 0 Å². The van der Waals surface area contributed by atoms with E-state index in [2.05, 4.69) is 20.6 Å². The van der Waals surface area contributed by atoms with E-state index in [-0.39, 0.29) is 11.8 Å². The molecule has 0 aliphatic carbocycles. The lowest BCUT2D eigenvalue weighted by Gasteiger charge is -2.35. The van der Waals surface area contributed by atoms with Gasteiger partial charge < -0.3 is 20.4 Å². The van der Waals surface area contributed by atoms with Gasteiger partial charge in [-0.25, -0.2) is 4.79 Å². The zero-order chi connectivity index (χ0) is 22.7. The third-order valence-electron chi connectivity index (χ3n) is 5.25. The van der Waals surface area contributed by atoms with Crippen LogP contribution in [0.15, 0.2) is 48.7 Å². The fourth-order valence-electron chi connectivity index (χ4n) is 3.51. The van der Waals surface area contributed by atoms with Gasteiger partial charge in [-0.05, 0) is 43.3 Å². The van der Waals surface area contributed by atoms with E-state index in [0.29, 0.717) is 29.5 Å². The van der Waals surface area contributed by atoms with Crippen molar-refractivity contribution in [2.24, 2.45) is 0 Å². The molecular formula is C22H24N6O3S. The summed E-state index contributed by atoms with van der Waals surface area (Å²) in [5.74, 6) is 0.104. The average Bonchev–Trinajstić information content (AvgIpc) is 3.43. The third-order valence-corrected chi connectivity index (χ3v) is 6.25. The van der Waals surface area contributed by atoms with Crippen LogP contribution in [0.25, 0.3) is 0 Å². The molecule has 3 heterocycles. The standard InChI is InChI=1S/C22H24N6O3S/c1-15-3-8-19(32-15)21(30)25-20-9-10-23-28(20)22(31)24-17-4-6-18(7-5-17)27-13-11-26(12-14-27)16(2)29/h3-10H,11-14H2,1-2H3,(H,24,31)(H,25,30). The topological polar surface area (TPSA) is 99.6 Å². The summed E-state index contributed by atoms with van der Waals surface area (Å²) in [6, 6.07) is 12.2. The molecule has 3 amide bonds. The molecule has 0 atom stereocenters. The highest BCUT2D eigenvalue weighted by molar-refractivity contribution is 7.14. The molecule has 1 saturated heterocycles. The number of hydrogen-bond donors (Lipinski definition) is 2. The van der Waals surface area contributed by atoms with Crippen molar-refractivity contribution >= 4 is 46.4 Å². The molecular weight excluding hydrogens is 428 g/mol. The van der Waals surface area contributed by atoms with Crippen LogP contribution in [0.5, 0.6) is 0 Å². The van der Waals surface area contributed by atoms with Crippen molar-refractivity contribution < 1.29 is 14.4 Å². The predicted octanol–water partition coefficient (Wildman–Crippen LogP) is 3.25. The Morgan fingerprint density at radius 2 is 1.66 bits per heavy atom. The first kappa shape index (κ1) is 21.6. The van der Waals surface area contributed by atoms with Crippen LogP contribution in [-0.2, 0) is 4.79 Å². The van der Waals surface area contributed by atoms with Gasteiger partial charge in [0.05, 0.1) is 11.1 Å². The first-order valence-corrected chi connectivity index (χ1v) is 11.1. The predicted molar refractivity (Wildman–Crippen MR) is 125 cm³/mol. The van der Waals surface area contributed by atoms with Crippen LogP contribution in [0.3, 0.4) is 0 Å². The van der Waals surface area contributed by atoms with Gasteiger partial charge in [0.2, 0.25) is 5.91 Å². The van der Waals surface area contributed by atoms with Crippen LogP contribution < -0.4 is 15.5 Å². The molecule has 166 valence electrons. The first-order valence-electron chi connectivity index (χ1n) is 10.2. The van der Waals surface area contributed by atoms with Crippen molar-refractivity contribution in [2.75, 3.05) is 41.7 Å². The molecule has 10 heteroatoms. The van der Waals surface area contributed by atoms with Gasteiger partial charge in [-0.15, -0.1) is 11.3 Å². The van der Waals surface area contributed by atoms with Gasteiger partial charge >= 0.3 is 6.03 Å². The number of aryl methyl sites for hydroxylation is 1. The normalized spacial score (nSPS) is 13.7. The highest BCUT2D eigenvalue weighted by Gasteiger charge is 2.19. The zero-order valence-electron chi connectivity index (χ0n) is 17.9. The summed E-state index contributed by atoms with van der Waals surface area (Å²) in [5, 5.41) is 9.55. The minimum atomic E-state index is -0.476. The molecule has 1 aliphatic heterocycles. The van der Waals surface area contributed by atoms with Crippen LogP contribution in [0, 0.1) is 6.92 Å². The van der Waals surface area contributed by atoms with E-state index in [1.807, 2.05) is 42.2 Å². The van der Waals surface area contributed by atoms with Crippen molar-refractivity contribution in [1.29, 1.82) is 0 Å². The Kier molecular flexibility index (Phi) is 6.22. The number of thiophene rings is 1. The highest BCUT2D eigenvalue weighted by Crippen LogP contribution is 2.21. The Balaban J connectivity index is 1.37. The fourth-order valence-corrected chi connectivity index (χ4v) is 4.27. The van der Waals surface area contributed by atoms with Crippen LogP contribution in [0.2, 0.25) is 0 Å².